The van der Waals surface area contributed by atoms with Crippen molar-refractivity contribution in [2.45, 2.75) is 24.9 Å². The van der Waals surface area contributed by atoms with Gasteiger partial charge in [0.1, 0.15) is 17.2 Å². The molecule has 0 unspecified atom stereocenters. The molecular weight excluding hydrogens is 380 g/mol. The Morgan fingerprint density at radius 3 is 2.79 bits per heavy atom. The molecule has 0 spiro atoms. The van der Waals surface area contributed by atoms with E-state index in [0.29, 0.717) is 23.2 Å². The Hall–Kier alpha value is -3.00. The smallest absolute Gasteiger partial charge is 0.330 e. The molecule has 0 aliphatic carbocycles. The van der Waals surface area contributed by atoms with Crippen LogP contribution in [-0.2, 0) is 20.9 Å². The lowest BCUT2D eigenvalue weighted by atomic mass is 10.2. The van der Waals surface area contributed by atoms with Gasteiger partial charge in [-0.2, -0.15) is 0 Å². The monoisotopic (exact) mass is 398 g/mol. The predicted molar refractivity (Wildman–Crippen MR) is 102 cm³/mol. The van der Waals surface area contributed by atoms with Crippen molar-refractivity contribution >= 4 is 23.6 Å². The summed E-state index contributed by atoms with van der Waals surface area (Å²) in [6.45, 7) is 1.34. The molecule has 8 heteroatoms. The molecule has 1 aliphatic rings. The first kappa shape index (κ1) is 18.4. The Balaban J connectivity index is 1.41. The summed E-state index contributed by atoms with van der Waals surface area (Å²) in [7, 11) is 0. The van der Waals surface area contributed by atoms with Crippen LogP contribution in [0, 0.1) is 0 Å². The molecule has 144 valence electrons. The molecule has 0 bridgehead atoms. The molecule has 7 nitrogen and oxygen atoms in total. The Morgan fingerprint density at radius 2 is 2.07 bits per heavy atom. The van der Waals surface area contributed by atoms with Gasteiger partial charge in [-0.05, 0) is 12.1 Å². The van der Waals surface area contributed by atoms with Gasteiger partial charge in [-0.3, -0.25) is 4.79 Å². The number of thioether (sulfide) groups is 1. The first-order chi connectivity index (χ1) is 13.6. The summed E-state index contributed by atoms with van der Waals surface area (Å²) in [6, 6.07) is 12.4. The van der Waals surface area contributed by atoms with Crippen LogP contribution < -0.4 is 0 Å². The van der Waals surface area contributed by atoms with E-state index in [4.69, 9.17) is 13.6 Å². The van der Waals surface area contributed by atoms with Gasteiger partial charge in [0.2, 0.25) is 11.8 Å². The van der Waals surface area contributed by atoms with E-state index in [1.165, 1.54) is 23.6 Å². The molecule has 1 aromatic carbocycles. The minimum absolute atomic E-state index is 0.0933. The van der Waals surface area contributed by atoms with E-state index in [-0.39, 0.29) is 17.9 Å². The average molecular weight is 398 g/mol. The van der Waals surface area contributed by atoms with Crippen molar-refractivity contribution in [1.29, 1.82) is 0 Å². The van der Waals surface area contributed by atoms with Crippen LogP contribution in [0.5, 0.6) is 0 Å². The van der Waals surface area contributed by atoms with Gasteiger partial charge < -0.3 is 18.5 Å². The van der Waals surface area contributed by atoms with Gasteiger partial charge in [-0.1, -0.05) is 30.3 Å². The number of rotatable bonds is 5. The van der Waals surface area contributed by atoms with Crippen molar-refractivity contribution in [3.63, 3.8) is 0 Å². The number of hydrogen-bond donors (Lipinski definition) is 0. The molecule has 0 N–H and O–H groups in total. The first-order valence-electron chi connectivity index (χ1n) is 8.74. The molecule has 1 saturated heterocycles. The van der Waals surface area contributed by atoms with E-state index in [2.05, 4.69) is 4.98 Å². The van der Waals surface area contributed by atoms with Gasteiger partial charge >= 0.3 is 5.97 Å². The van der Waals surface area contributed by atoms with E-state index in [1.807, 2.05) is 30.3 Å². The first-order valence-corrected chi connectivity index (χ1v) is 9.79. The molecular formula is C20H18N2O5S. The lowest BCUT2D eigenvalue weighted by molar-refractivity contribution is -0.155. The number of ether oxygens (including phenoxy) is 1. The minimum Gasteiger partial charge on any atom is -0.466 e. The fraction of sp³-hybridized carbons (Fsp3) is 0.250. The highest BCUT2D eigenvalue weighted by molar-refractivity contribution is 7.99. The maximum Gasteiger partial charge on any atom is 0.330 e. The third-order valence-corrected chi connectivity index (χ3v) is 5.66. The Bertz CT molecular complexity index is 954. The van der Waals surface area contributed by atoms with Gasteiger partial charge in [0.25, 0.3) is 0 Å². The number of nitrogens with zero attached hydrogens (tertiary/aromatic N) is 2. The second kappa shape index (κ2) is 7.93. The minimum atomic E-state index is -0.679. The number of benzene rings is 1. The molecule has 1 amide bonds. The summed E-state index contributed by atoms with van der Waals surface area (Å²) in [5.74, 6) is 1.27. The second-order valence-corrected chi connectivity index (χ2v) is 7.35. The topological polar surface area (TPSA) is 85.8 Å². The van der Waals surface area contributed by atoms with E-state index >= 15 is 0 Å². The van der Waals surface area contributed by atoms with Crippen molar-refractivity contribution < 1.29 is 23.2 Å². The van der Waals surface area contributed by atoms with Crippen molar-refractivity contribution in [1.82, 2.24) is 9.88 Å². The van der Waals surface area contributed by atoms with Crippen LogP contribution in [-0.4, -0.2) is 33.6 Å². The van der Waals surface area contributed by atoms with Gasteiger partial charge in [-0.25, -0.2) is 9.78 Å². The largest absolute Gasteiger partial charge is 0.466 e. The molecule has 3 aromatic rings. The Labute approximate surface area is 165 Å². The van der Waals surface area contributed by atoms with Crippen molar-refractivity contribution in [2.75, 3.05) is 5.75 Å². The van der Waals surface area contributed by atoms with Crippen LogP contribution in [0.25, 0.3) is 11.3 Å². The summed E-state index contributed by atoms with van der Waals surface area (Å²) in [6.07, 6.45) is 3.14. The van der Waals surface area contributed by atoms with Gasteiger partial charge in [0.05, 0.1) is 12.5 Å². The SMILES string of the molecule is CC(=O)N1[C@H](C(=O)OCc2ncc(-c3ccccc3)o2)CS[C@H]1c1ccco1. The van der Waals surface area contributed by atoms with E-state index in [0.717, 1.165) is 5.56 Å². The Kier molecular flexibility index (Phi) is 5.21. The number of amides is 1. The molecule has 0 radical (unpaired) electrons. The number of carbonyl (C=O) groups is 2. The quantitative estimate of drug-likeness (QED) is 0.607. The Morgan fingerprint density at radius 1 is 1.25 bits per heavy atom. The van der Waals surface area contributed by atoms with E-state index < -0.39 is 12.0 Å². The zero-order valence-corrected chi connectivity index (χ0v) is 15.9. The highest BCUT2D eigenvalue weighted by atomic mass is 32.2. The van der Waals surface area contributed by atoms with Crippen LogP contribution in [0.2, 0.25) is 0 Å². The molecule has 1 fully saturated rings. The fourth-order valence-electron chi connectivity index (χ4n) is 3.07. The molecule has 4 rings (SSSR count). The number of furan rings is 1. The number of oxazole rings is 1. The summed E-state index contributed by atoms with van der Waals surface area (Å²) in [5.41, 5.74) is 0.892. The summed E-state index contributed by atoms with van der Waals surface area (Å²) >= 11 is 1.47. The average Bonchev–Trinajstić information content (AvgIpc) is 3.46. The number of carbonyl (C=O) groups excluding carboxylic acids is 2. The molecule has 2 aromatic heterocycles. The van der Waals surface area contributed by atoms with Crippen LogP contribution in [0.4, 0.5) is 0 Å². The summed E-state index contributed by atoms with van der Waals surface area (Å²) in [4.78, 5) is 30.4. The number of aromatic nitrogens is 1. The summed E-state index contributed by atoms with van der Waals surface area (Å²) < 4.78 is 16.4. The van der Waals surface area contributed by atoms with Crippen LogP contribution in [0.1, 0.15) is 23.9 Å². The third kappa shape index (κ3) is 3.68. The number of hydrogen-bond acceptors (Lipinski definition) is 7. The summed E-state index contributed by atoms with van der Waals surface area (Å²) in [5, 5.41) is -0.337. The molecule has 2 atom stereocenters. The van der Waals surface area contributed by atoms with Crippen LogP contribution in [0.15, 0.2) is 63.8 Å². The highest BCUT2D eigenvalue weighted by Gasteiger charge is 2.43. The molecule has 1 aliphatic heterocycles. The van der Waals surface area contributed by atoms with Crippen molar-refractivity contribution in [3.05, 3.63) is 66.6 Å². The molecule has 0 saturated carbocycles. The maximum atomic E-state index is 12.6. The van der Waals surface area contributed by atoms with Gasteiger partial charge in [0.15, 0.2) is 12.4 Å². The highest BCUT2D eigenvalue weighted by Crippen LogP contribution is 2.41. The van der Waals surface area contributed by atoms with Gasteiger partial charge in [0, 0.05) is 18.2 Å². The van der Waals surface area contributed by atoms with E-state index in [9.17, 15) is 9.59 Å². The molecule has 3 heterocycles. The van der Waals surface area contributed by atoms with Gasteiger partial charge in [-0.15, -0.1) is 11.8 Å². The fourth-order valence-corrected chi connectivity index (χ4v) is 4.48. The zero-order chi connectivity index (χ0) is 19.5. The van der Waals surface area contributed by atoms with Crippen LogP contribution in [0.3, 0.4) is 0 Å². The lowest BCUT2D eigenvalue weighted by Crippen LogP contribution is -2.42. The maximum absolute atomic E-state index is 12.6. The zero-order valence-electron chi connectivity index (χ0n) is 15.1. The standard InChI is InChI=1S/C20H18N2O5S/c1-13(23)22-15(12-28-19(22)16-8-5-9-25-16)20(24)26-11-18-21-10-17(27-18)14-6-3-2-4-7-14/h2-10,15,19H,11-12H2,1H3/t15-,19-/m0/s1. The third-order valence-electron chi connectivity index (χ3n) is 4.37. The second-order valence-electron chi connectivity index (χ2n) is 6.24. The van der Waals surface area contributed by atoms with Crippen LogP contribution >= 0.6 is 11.8 Å². The molecule has 28 heavy (non-hydrogen) atoms. The lowest BCUT2D eigenvalue weighted by Gasteiger charge is -2.25. The predicted octanol–water partition coefficient (Wildman–Crippen LogP) is 3.64. The van der Waals surface area contributed by atoms with Crippen molar-refractivity contribution in [3.8, 4) is 11.3 Å². The number of esters is 1. The normalized spacial score (nSPS) is 19.0. The van der Waals surface area contributed by atoms with Crippen molar-refractivity contribution in [2.24, 2.45) is 0 Å². The van der Waals surface area contributed by atoms with E-state index in [1.54, 1.807) is 24.6 Å².